The van der Waals surface area contributed by atoms with Crippen LogP contribution in [0.25, 0.3) is 11.7 Å². The van der Waals surface area contributed by atoms with Crippen LogP contribution in [0, 0.1) is 18.3 Å². The number of piperazine rings is 1. The van der Waals surface area contributed by atoms with Gasteiger partial charge < -0.3 is 23.4 Å². The molecule has 0 spiro atoms. The molecule has 4 aromatic rings. The van der Waals surface area contributed by atoms with Crippen LogP contribution in [0.2, 0.25) is 0 Å². The summed E-state index contributed by atoms with van der Waals surface area (Å²) >= 11 is 0. The Bertz CT molecular complexity index is 1360. The van der Waals surface area contributed by atoms with E-state index in [1.54, 1.807) is 12.1 Å². The molecule has 1 amide bonds. The quantitative estimate of drug-likeness (QED) is 0.406. The van der Waals surface area contributed by atoms with Crippen LogP contribution in [-0.2, 0) is 6.61 Å². The Hall–Kier alpha value is -4.51. The van der Waals surface area contributed by atoms with Gasteiger partial charge in [0.2, 0.25) is 11.6 Å². The number of anilines is 1. The molecule has 176 valence electrons. The first kappa shape index (κ1) is 22.3. The molecule has 0 aliphatic carbocycles. The van der Waals surface area contributed by atoms with Gasteiger partial charge in [-0.15, -0.1) is 0 Å². The molecule has 0 saturated carbocycles. The second-order valence-electron chi connectivity index (χ2n) is 8.25. The molecule has 0 atom stereocenters. The highest BCUT2D eigenvalue weighted by molar-refractivity contribution is 5.94. The van der Waals surface area contributed by atoms with Gasteiger partial charge >= 0.3 is 0 Å². The predicted molar refractivity (Wildman–Crippen MR) is 129 cm³/mol. The number of aryl methyl sites for hydroxylation is 1. The average molecular weight is 469 g/mol. The molecule has 1 fully saturated rings. The number of nitrogens with zero attached hydrogens (tertiary/aromatic N) is 4. The monoisotopic (exact) mass is 468 g/mol. The van der Waals surface area contributed by atoms with Gasteiger partial charge in [-0.25, -0.2) is 0 Å². The Balaban J connectivity index is 1.25. The number of hydrogen-bond donors (Lipinski definition) is 0. The average Bonchev–Trinajstić information content (AvgIpc) is 3.56. The Morgan fingerprint density at radius 3 is 2.49 bits per heavy atom. The van der Waals surface area contributed by atoms with Crippen molar-refractivity contribution in [3.8, 4) is 23.5 Å². The van der Waals surface area contributed by atoms with Crippen LogP contribution in [0.15, 0.2) is 75.6 Å². The third-order valence-corrected chi connectivity index (χ3v) is 5.93. The number of carbonyl (C=O) groups excluding carboxylic acids is 1. The van der Waals surface area contributed by atoms with Crippen LogP contribution >= 0.6 is 0 Å². The number of ether oxygens (including phenoxy) is 1. The molecule has 0 bridgehead atoms. The molecule has 1 saturated heterocycles. The van der Waals surface area contributed by atoms with Gasteiger partial charge in [0.25, 0.3) is 11.8 Å². The highest BCUT2D eigenvalue weighted by Crippen LogP contribution is 2.30. The molecule has 0 unspecified atom stereocenters. The normalized spacial score (nSPS) is 13.5. The van der Waals surface area contributed by atoms with E-state index in [2.05, 4.69) is 11.1 Å². The van der Waals surface area contributed by atoms with E-state index < -0.39 is 0 Å². The van der Waals surface area contributed by atoms with Crippen molar-refractivity contribution in [2.75, 3.05) is 31.1 Å². The third-order valence-electron chi connectivity index (χ3n) is 5.93. The standard InChI is InChI=1S/C27H24N4O4/c1-19-7-5-6-10-23(19)33-18-21-11-12-24(34-21)25-29-22(17-28)27(35-25)31-15-13-30(14-16-31)26(32)20-8-3-2-4-9-20/h2-12H,13-16,18H2,1H3. The molecular weight excluding hydrogens is 444 g/mol. The molecule has 8 heteroatoms. The van der Waals surface area contributed by atoms with Crippen molar-refractivity contribution >= 4 is 11.8 Å². The third kappa shape index (κ3) is 4.75. The lowest BCUT2D eigenvalue weighted by Gasteiger charge is -2.34. The predicted octanol–water partition coefficient (Wildman–Crippen LogP) is 4.66. The first-order valence-electron chi connectivity index (χ1n) is 11.4. The molecule has 3 heterocycles. The molecule has 0 N–H and O–H groups in total. The molecule has 8 nitrogen and oxygen atoms in total. The summed E-state index contributed by atoms with van der Waals surface area (Å²) in [6.45, 7) is 4.37. The van der Waals surface area contributed by atoms with Gasteiger partial charge in [-0.2, -0.15) is 10.2 Å². The van der Waals surface area contributed by atoms with E-state index in [1.807, 2.05) is 71.3 Å². The van der Waals surface area contributed by atoms with Crippen molar-refractivity contribution in [2.45, 2.75) is 13.5 Å². The highest BCUT2D eigenvalue weighted by Gasteiger charge is 2.27. The number of rotatable bonds is 6. The van der Waals surface area contributed by atoms with Gasteiger partial charge in [-0.05, 0) is 42.8 Å². The minimum Gasteiger partial charge on any atom is -0.485 e. The number of furan rings is 1. The first-order chi connectivity index (χ1) is 17.1. The van der Waals surface area contributed by atoms with Gasteiger partial charge in [0.05, 0.1) is 0 Å². The fourth-order valence-corrected chi connectivity index (χ4v) is 4.02. The topological polar surface area (TPSA) is 95.7 Å². The lowest BCUT2D eigenvalue weighted by Crippen LogP contribution is -2.48. The number of carbonyl (C=O) groups is 1. The van der Waals surface area contributed by atoms with Crippen molar-refractivity contribution in [1.29, 1.82) is 5.26 Å². The van der Waals surface area contributed by atoms with E-state index in [9.17, 15) is 10.1 Å². The second kappa shape index (κ2) is 9.77. The Morgan fingerprint density at radius 2 is 1.74 bits per heavy atom. The van der Waals surface area contributed by atoms with Crippen LogP contribution in [0.5, 0.6) is 5.75 Å². The largest absolute Gasteiger partial charge is 0.485 e. The van der Waals surface area contributed by atoms with Crippen molar-refractivity contribution in [2.24, 2.45) is 0 Å². The summed E-state index contributed by atoms with van der Waals surface area (Å²) in [6, 6.07) is 22.7. The molecule has 2 aromatic carbocycles. The number of oxazole rings is 1. The van der Waals surface area contributed by atoms with Gasteiger partial charge in [0, 0.05) is 31.7 Å². The van der Waals surface area contributed by atoms with Gasteiger partial charge in [0.15, 0.2) is 5.76 Å². The highest BCUT2D eigenvalue weighted by atomic mass is 16.5. The number of nitriles is 1. The zero-order valence-electron chi connectivity index (χ0n) is 19.3. The number of aromatic nitrogens is 1. The smallest absolute Gasteiger partial charge is 0.266 e. The van der Waals surface area contributed by atoms with Gasteiger partial charge in [-0.3, -0.25) is 4.79 Å². The lowest BCUT2D eigenvalue weighted by atomic mass is 10.2. The summed E-state index contributed by atoms with van der Waals surface area (Å²) in [6.07, 6.45) is 0. The fourth-order valence-electron chi connectivity index (χ4n) is 4.02. The molecule has 5 rings (SSSR count). The summed E-state index contributed by atoms with van der Waals surface area (Å²) < 4.78 is 17.7. The molecular formula is C27H24N4O4. The molecule has 1 aliphatic heterocycles. The summed E-state index contributed by atoms with van der Waals surface area (Å²) in [5.41, 5.74) is 1.90. The second-order valence-corrected chi connectivity index (χ2v) is 8.25. The molecule has 2 aromatic heterocycles. The van der Waals surface area contributed by atoms with Crippen molar-refractivity contribution in [1.82, 2.24) is 9.88 Å². The minimum atomic E-state index is 0.0000425. The molecule has 0 radical (unpaired) electrons. The van der Waals surface area contributed by atoms with Crippen LogP contribution in [0.3, 0.4) is 0 Å². The summed E-state index contributed by atoms with van der Waals surface area (Å²) in [4.78, 5) is 20.8. The fraction of sp³-hybridized carbons (Fsp3) is 0.222. The van der Waals surface area contributed by atoms with E-state index in [0.717, 1.165) is 11.3 Å². The van der Waals surface area contributed by atoms with Gasteiger partial charge in [-0.1, -0.05) is 36.4 Å². The zero-order chi connectivity index (χ0) is 24.2. The van der Waals surface area contributed by atoms with E-state index >= 15 is 0 Å². The number of hydrogen-bond acceptors (Lipinski definition) is 7. The van der Waals surface area contributed by atoms with Crippen LogP contribution in [0.4, 0.5) is 5.88 Å². The Morgan fingerprint density at radius 1 is 1.00 bits per heavy atom. The summed E-state index contributed by atoms with van der Waals surface area (Å²) in [7, 11) is 0. The Labute approximate surface area is 203 Å². The van der Waals surface area contributed by atoms with E-state index in [0.29, 0.717) is 49.1 Å². The first-order valence-corrected chi connectivity index (χ1v) is 11.4. The number of para-hydroxylation sites is 1. The molecule has 1 aliphatic rings. The Kier molecular flexibility index (Phi) is 6.22. The summed E-state index contributed by atoms with van der Waals surface area (Å²) in [5, 5.41) is 9.63. The number of benzene rings is 2. The minimum absolute atomic E-state index is 0.0000425. The van der Waals surface area contributed by atoms with Gasteiger partial charge in [0.1, 0.15) is 24.2 Å². The molecule has 35 heavy (non-hydrogen) atoms. The van der Waals surface area contributed by atoms with Crippen LogP contribution in [0.1, 0.15) is 27.4 Å². The van der Waals surface area contributed by atoms with E-state index in [1.165, 1.54) is 0 Å². The van der Waals surface area contributed by atoms with Crippen molar-refractivity contribution in [3.05, 3.63) is 89.3 Å². The van der Waals surface area contributed by atoms with Crippen LogP contribution < -0.4 is 9.64 Å². The lowest BCUT2D eigenvalue weighted by molar-refractivity contribution is 0.0745. The van der Waals surface area contributed by atoms with Crippen LogP contribution in [-0.4, -0.2) is 42.0 Å². The number of amides is 1. The van der Waals surface area contributed by atoms with E-state index in [-0.39, 0.29) is 24.1 Å². The maximum atomic E-state index is 12.7. The summed E-state index contributed by atoms with van der Waals surface area (Å²) in [5.74, 6) is 2.47. The van der Waals surface area contributed by atoms with E-state index in [4.69, 9.17) is 13.6 Å². The zero-order valence-corrected chi connectivity index (χ0v) is 19.3. The van der Waals surface area contributed by atoms with Crippen molar-refractivity contribution < 1.29 is 18.4 Å². The SMILES string of the molecule is Cc1ccccc1OCc1ccc(-c2nc(C#N)c(N3CCN(C(=O)c4ccccc4)CC3)o2)o1. The maximum absolute atomic E-state index is 12.7. The maximum Gasteiger partial charge on any atom is 0.266 e. The van der Waals surface area contributed by atoms with Crippen molar-refractivity contribution in [3.63, 3.8) is 0 Å².